The molecule has 1 nitrogen and oxygen atoms in total. The number of hydrogen-bond acceptors (Lipinski definition) is 1. The fourth-order valence-electron chi connectivity index (χ4n) is 1.53. The average Bonchev–Trinajstić information content (AvgIpc) is 2.46. The van der Waals surface area contributed by atoms with Crippen molar-refractivity contribution in [3.8, 4) is 0 Å². The minimum Gasteiger partial charge on any atom is -0.382 e. The predicted molar refractivity (Wildman–Crippen MR) is 49.3 cm³/mol. The zero-order chi connectivity index (χ0) is 8.27. The standard InChI is InChI=1S/C10H17N/c1-4-8-7-9(5-2)11-10(8)6-3/h4,6,9,11H,5,7H2,1-3H3/b8-4-,10-6+. The third kappa shape index (κ3) is 1.65. The molecular formula is C10H17N. The second-order valence-electron chi connectivity index (χ2n) is 2.97. The van der Waals surface area contributed by atoms with E-state index in [9.17, 15) is 0 Å². The Morgan fingerprint density at radius 3 is 2.55 bits per heavy atom. The van der Waals surface area contributed by atoms with Gasteiger partial charge in [0.25, 0.3) is 0 Å². The monoisotopic (exact) mass is 151 g/mol. The van der Waals surface area contributed by atoms with Crippen LogP contribution in [-0.2, 0) is 0 Å². The van der Waals surface area contributed by atoms with E-state index in [0.29, 0.717) is 6.04 Å². The molecule has 1 heterocycles. The summed E-state index contributed by atoms with van der Waals surface area (Å²) in [5.41, 5.74) is 2.80. The molecule has 1 aliphatic rings. The van der Waals surface area contributed by atoms with Crippen LogP contribution in [0.1, 0.15) is 33.6 Å². The SMILES string of the molecule is C/C=C1/CC(CC)N/C1=C/C. The van der Waals surface area contributed by atoms with E-state index in [-0.39, 0.29) is 0 Å². The van der Waals surface area contributed by atoms with E-state index in [4.69, 9.17) is 0 Å². The summed E-state index contributed by atoms with van der Waals surface area (Å²) >= 11 is 0. The molecule has 0 aromatic rings. The van der Waals surface area contributed by atoms with Crippen molar-refractivity contribution >= 4 is 0 Å². The Labute approximate surface area is 69.2 Å². The van der Waals surface area contributed by atoms with Gasteiger partial charge in [-0.25, -0.2) is 0 Å². The molecule has 1 heteroatoms. The molecule has 0 amide bonds. The predicted octanol–water partition coefficient (Wildman–Crippen LogP) is 2.61. The van der Waals surface area contributed by atoms with E-state index in [1.54, 1.807) is 0 Å². The lowest BCUT2D eigenvalue weighted by Gasteiger charge is -2.05. The quantitative estimate of drug-likeness (QED) is 0.607. The van der Waals surface area contributed by atoms with Crippen molar-refractivity contribution in [2.75, 3.05) is 0 Å². The molecule has 0 spiro atoms. The van der Waals surface area contributed by atoms with Gasteiger partial charge in [0.05, 0.1) is 0 Å². The molecule has 1 aliphatic heterocycles. The lowest BCUT2D eigenvalue weighted by atomic mass is 10.1. The summed E-state index contributed by atoms with van der Waals surface area (Å²) < 4.78 is 0. The third-order valence-corrected chi connectivity index (χ3v) is 2.30. The summed E-state index contributed by atoms with van der Waals surface area (Å²) in [7, 11) is 0. The second-order valence-corrected chi connectivity index (χ2v) is 2.97. The van der Waals surface area contributed by atoms with Crippen LogP contribution in [0.25, 0.3) is 0 Å². The summed E-state index contributed by atoms with van der Waals surface area (Å²) in [5.74, 6) is 0. The first-order chi connectivity index (χ1) is 5.31. The molecule has 62 valence electrons. The Bertz CT molecular complexity index is 169. The fourth-order valence-corrected chi connectivity index (χ4v) is 1.53. The average molecular weight is 151 g/mol. The van der Waals surface area contributed by atoms with Gasteiger partial charge in [0.2, 0.25) is 0 Å². The zero-order valence-corrected chi connectivity index (χ0v) is 7.65. The van der Waals surface area contributed by atoms with Gasteiger partial charge in [-0.2, -0.15) is 0 Å². The Hall–Kier alpha value is -0.720. The van der Waals surface area contributed by atoms with Crippen LogP contribution in [0.15, 0.2) is 23.4 Å². The number of hydrogen-bond donors (Lipinski definition) is 1. The lowest BCUT2D eigenvalue weighted by Crippen LogP contribution is -2.18. The number of nitrogens with one attached hydrogen (secondary N) is 1. The molecule has 0 saturated carbocycles. The Balaban J connectivity index is 2.71. The number of allylic oxidation sites excluding steroid dienone is 3. The molecule has 0 radical (unpaired) electrons. The van der Waals surface area contributed by atoms with Crippen molar-refractivity contribution < 1.29 is 0 Å². The molecule has 1 atom stereocenters. The first-order valence-electron chi connectivity index (χ1n) is 4.40. The minimum absolute atomic E-state index is 0.674. The smallest absolute Gasteiger partial charge is 0.0329 e. The molecule has 0 aromatic carbocycles. The van der Waals surface area contributed by atoms with Crippen LogP contribution >= 0.6 is 0 Å². The van der Waals surface area contributed by atoms with Crippen molar-refractivity contribution in [1.29, 1.82) is 0 Å². The van der Waals surface area contributed by atoms with E-state index in [2.05, 4.69) is 38.2 Å². The zero-order valence-electron chi connectivity index (χ0n) is 7.65. The van der Waals surface area contributed by atoms with Gasteiger partial charge >= 0.3 is 0 Å². The van der Waals surface area contributed by atoms with Crippen molar-refractivity contribution in [1.82, 2.24) is 5.32 Å². The first-order valence-corrected chi connectivity index (χ1v) is 4.40. The largest absolute Gasteiger partial charge is 0.382 e. The first kappa shape index (κ1) is 8.38. The summed E-state index contributed by atoms with van der Waals surface area (Å²) in [4.78, 5) is 0. The molecule has 1 rings (SSSR count). The van der Waals surface area contributed by atoms with Crippen molar-refractivity contribution in [2.45, 2.75) is 39.7 Å². The second kappa shape index (κ2) is 3.61. The van der Waals surface area contributed by atoms with Gasteiger partial charge < -0.3 is 5.32 Å². The van der Waals surface area contributed by atoms with Crippen LogP contribution in [0.2, 0.25) is 0 Å². The van der Waals surface area contributed by atoms with Crippen LogP contribution in [0.4, 0.5) is 0 Å². The fraction of sp³-hybridized carbons (Fsp3) is 0.600. The van der Waals surface area contributed by atoms with E-state index in [1.807, 2.05) is 0 Å². The van der Waals surface area contributed by atoms with Gasteiger partial charge in [0.1, 0.15) is 0 Å². The van der Waals surface area contributed by atoms with Crippen molar-refractivity contribution in [3.63, 3.8) is 0 Å². The molecular weight excluding hydrogens is 134 g/mol. The van der Waals surface area contributed by atoms with E-state index >= 15 is 0 Å². The maximum absolute atomic E-state index is 3.48. The van der Waals surface area contributed by atoms with Crippen LogP contribution in [0.5, 0.6) is 0 Å². The van der Waals surface area contributed by atoms with Crippen LogP contribution in [0, 0.1) is 0 Å². The van der Waals surface area contributed by atoms with Gasteiger partial charge in [-0.05, 0) is 32.3 Å². The van der Waals surface area contributed by atoms with Gasteiger partial charge in [0, 0.05) is 11.7 Å². The van der Waals surface area contributed by atoms with Crippen molar-refractivity contribution in [3.05, 3.63) is 23.4 Å². The summed E-state index contributed by atoms with van der Waals surface area (Å²) in [6.45, 7) is 6.42. The van der Waals surface area contributed by atoms with E-state index < -0.39 is 0 Å². The van der Waals surface area contributed by atoms with Gasteiger partial charge in [-0.3, -0.25) is 0 Å². The lowest BCUT2D eigenvalue weighted by molar-refractivity contribution is 0.608. The number of rotatable bonds is 1. The Morgan fingerprint density at radius 2 is 2.18 bits per heavy atom. The highest BCUT2D eigenvalue weighted by molar-refractivity contribution is 5.34. The molecule has 1 saturated heterocycles. The minimum atomic E-state index is 0.674. The molecule has 0 aromatic heterocycles. The molecule has 0 bridgehead atoms. The van der Waals surface area contributed by atoms with Crippen LogP contribution in [0.3, 0.4) is 0 Å². The third-order valence-electron chi connectivity index (χ3n) is 2.30. The van der Waals surface area contributed by atoms with Crippen molar-refractivity contribution in [2.24, 2.45) is 0 Å². The van der Waals surface area contributed by atoms with Gasteiger partial charge in [-0.15, -0.1) is 0 Å². The normalized spacial score (nSPS) is 31.4. The van der Waals surface area contributed by atoms with Crippen LogP contribution in [-0.4, -0.2) is 6.04 Å². The van der Waals surface area contributed by atoms with Gasteiger partial charge in [0.15, 0.2) is 0 Å². The molecule has 1 N–H and O–H groups in total. The summed E-state index contributed by atoms with van der Waals surface area (Å²) in [6, 6.07) is 0.674. The Morgan fingerprint density at radius 1 is 1.45 bits per heavy atom. The molecule has 1 fully saturated rings. The molecule has 1 unspecified atom stereocenters. The van der Waals surface area contributed by atoms with Gasteiger partial charge in [-0.1, -0.05) is 19.1 Å². The Kier molecular flexibility index (Phi) is 2.75. The molecule has 0 aliphatic carbocycles. The van der Waals surface area contributed by atoms with E-state index in [0.717, 1.165) is 0 Å². The summed E-state index contributed by atoms with van der Waals surface area (Å²) in [5, 5.41) is 3.48. The molecule has 11 heavy (non-hydrogen) atoms. The maximum atomic E-state index is 3.48. The van der Waals surface area contributed by atoms with Crippen LogP contribution < -0.4 is 5.32 Å². The highest BCUT2D eigenvalue weighted by atomic mass is 15.0. The summed E-state index contributed by atoms with van der Waals surface area (Å²) in [6.07, 6.45) is 6.78. The highest BCUT2D eigenvalue weighted by Gasteiger charge is 2.19. The van der Waals surface area contributed by atoms with E-state index in [1.165, 1.54) is 24.1 Å². The highest BCUT2D eigenvalue weighted by Crippen LogP contribution is 2.23. The maximum Gasteiger partial charge on any atom is 0.0329 e. The topological polar surface area (TPSA) is 12.0 Å².